The van der Waals surface area contributed by atoms with Gasteiger partial charge in [0.25, 0.3) is 0 Å². The number of ether oxygens (including phenoxy) is 1. The molecule has 0 radical (unpaired) electrons. The van der Waals surface area contributed by atoms with Gasteiger partial charge in [-0.15, -0.1) is 0 Å². The van der Waals surface area contributed by atoms with E-state index in [1.54, 1.807) is 11.8 Å². The standard InChI is InChI=1S/C14H24N2O4/c1-3-11-10-15(8-9-20-11)13(19)16-7-5-4-6-14(16,2)12(17)18/h11H,3-10H2,1-2H3,(H,17,18). The zero-order chi connectivity index (χ0) is 14.8. The third-order valence-corrected chi connectivity index (χ3v) is 4.45. The summed E-state index contributed by atoms with van der Waals surface area (Å²) in [4.78, 5) is 27.5. The molecule has 6 nitrogen and oxygen atoms in total. The quantitative estimate of drug-likeness (QED) is 0.835. The van der Waals surface area contributed by atoms with Crippen LogP contribution < -0.4 is 0 Å². The van der Waals surface area contributed by atoms with E-state index in [4.69, 9.17) is 4.74 Å². The van der Waals surface area contributed by atoms with Crippen LogP contribution in [0.5, 0.6) is 0 Å². The maximum atomic E-state index is 12.7. The predicted molar refractivity (Wildman–Crippen MR) is 73.6 cm³/mol. The van der Waals surface area contributed by atoms with Crippen LogP contribution in [0.3, 0.4) is 0 Å². The molecule has 114 valence electrons. The normalized spacial score (nSPS) is 31.2. The van der Waals surface area contributed by atoms with Gasteiger partial charge in [-0.2, -0.15) is 0 Å². The van der Waals surface area contributed by atoms with Crippen LogP contribution in [-0.4, -0.2) is 64.8 Å². The summed E-state index contributed by atoms with van der Waals surface area (Å²) >= 11 is 0. The highest BCUT2D eigenvalue weighted by atomic mass is 16.5. The smallest absolute Gasteiger partial charge is 0.329 e. The van der Waals surface area contributed by atoms with E-state index in [0.717, 1.165) is 19.3 Å². The number of urea groups is 1. The molecule has 0 bridgehead atoms. The number of rotatable bonds is 2. The zero-order valence-corrected chi connectivity index (χ0v) is 12.3. The number of carbonyl (C=O) groups excluding carboxylic acids is 1. The summed E-state index contributed by atoms with van der Waals surface area (Å²) in [5, 5.41) is 9.48. The zero-order valence-electron chi connectivity index (χ0n) is 12.3. The molecule has 0 spiro atoms. The largest absolute Gasteiger partial charge is 0.480 e. The van der Waals surface area contributed by atoms with Crippen LogP contribution in [0.15, 0.2) is 0 Å². The van der Waals surface area contributed by atoms with Crippen LogP contribution in [0.2, 0.25) is 0 Å². The van der Waals surface area contributed by atoms with Crippen molar-refractivity contribution in [3.8, 4) is 0 Å². The molecule has 0 aromatic heterocycles. The van der Waals surface area contributed by atoms with Gasteiger partial charge in [-0.3, -0.25) is 0 Å². The van der Waals surface area contributed by atoms with E-state index in [-0.39, 0.29) is 12.1 Å². The molecular formula is C14H24N2O4. The first kappa shape index (κ1) is 15.1. The Kier molecular flexibility index (Phi) is 4.52. The molecule has 2 atom stereocenters. The number of hydrogen-bond acceptors (Lipinski definition) is 3. The number of likely N-dealkylation sites (tertiary alicyclic amines) is 1. The molecule has 0 saturated carbocycles. The fourth-order valence-corrected chi connectivity index (χ4v) is 2.96. The number of piperidine rings is 1. The second-order valence-corrected chi connectivity index (χ2v) is 5.82. The van der Waals surface area contributed by atoms with Crippen LogP contribution in [0.1, 0.15) is 39.5 Å². The Morgan fingerprint density at radius 1 is 1.35 bits per heavy atom. The summed E-state index contributed by atoms with van der Waals surface area (Å²) in [6.07, 6.45) is 3.17. The molecular weight excluding hydrogens is 260 g/mol. The Morgan fingerprint density at radius 2 is 2.10 bits per heavy atom. The molecule has 2 amide bonds. The van der Waals surface area contributed by atoms with Gasteiger partial charge in [0.15, 0.2) is 0 Å². The van der Waals surface area contributed by atoms with Gasteiger partial charge in [-0.25, -0.2) is 9.59 Å². The lowest BCUT2D eigenvalue weighted by Gasteiger charge is -2.45. The SMILES string of the molecule is CCC1CN(C(=O)N2CCCCC2(C)C(=O)O)CCO1. The van der Waals surface area contributed by atoms with Crippen LogP contribution in [-0.2, 0) is 9.53 Å². The molecule has 20 heavy (non-hydrogen) atoms. The summed E-state index contributed by atoms with van der Waals surface area (Å²) in [6, 6.07) is -0.156. The number of carboxylic acids is 1. The number of nitrogens with zero attached hydrogens (tertiary/aromatic N) is 2. The van der Waals surface area contributed by atoms with E-state index in [1.165, 1.54) is 4.90 Å². The fourth-order valence-electron chi connectivity index (χ4n) is 2.96. The lowest BCUT2D eigenvalue weighted by Crippen LogP contribution is -2.62. The van der Waals surface area contributed by atoms with Gasteiger partial charge >= 0.3 is 12.0 Å². The van der Waals surface area contributed by atoms with Crippen molar-refractivity contribution in [3.63, 3.8) is 0 Å². The van der Waals surface area contributed by atoms with Crippen molar-refractivity contribution >= 4 is 12.0 Å². The fraction of sp³-hybridized carbons (Fsp3) is 0.857. The van der Waals surface area contributed by atoms with Crippen molar-refractivity contribution in [1.29, 1.82) is 0 Å². The van der Waals surface area contributed by atoms with Crippen molar-refractivity contribution in [2.45, 2.75) is 51.2 Å². The minimum atomic E-state index is -1.07. The van der Waals surface area contributed by atoms with E-state index in [1.807, 2.05) is 6.92 Å². The summed E-state index contributed by atoms with van der Waals surface area (Å²) in [5.41, 5.74) is -1.07. The highest BCUT2D eigenvalue weighted by molar-refractivity contribution is 5.86. The molecule has 2 unspecified atom stereocenters. The monoisotopic (exact) mass is 284 g/mol. The molecule has 6 heteroatoms. The van der Waals surface area contributed by atoms with E-state index in [9.17, 15) is 14.7 Å². The number of morpholine rings is 1. The number of carboxylic acid groups (broad SMARTS) is 1. The van der Waals surface area contributed by atoms with Gasteiger partial charge in [-0.1, -0.05) is 6.92 Å². The molecule has 1 N–H and O–H groups in total. The summed E-state index contributed by atoms with van der Waals surface area (Å²) < 4.78 is 5.57. The second-order valence-electron chi connectivity index (χ2n) is 5.82. The van der Waals surface area contributed by atoms with Gasteiger partial charge in [0.2, 0.25) is 0 Å². The Labute approximate surface area is 119 Å². The predicted octanol–water partition coefficient (Wildman–Crippen LogP) is 1.55. The summed E-state index contributed by atoms with van der Waals surface area (Å²) in [7, 11) is 0. The summed E-state index contributed by atoms with van der Waals surface area (Å²) in [6.45, 7) is 5.84. The molecule has 2 saturated heterocycles. The molecule has 2 heterocycles. The lowest BCUT2D eigenvalue weighted by atomic mass is 9.89. The molecule has 0 aliphatic carbocycles. The minimum absolute atomic E-state index is 0.0635. The number of aliphatic carboxylic acids is 1. The van der Waals surface area contributed by atoms with Gasteiger partial charge < -0.3 is 19.6 Å². The molecule has 2 aliphatic rings. The van der Waals surface area contributed by atoms with Crippen molar-refractivity contribution in [3.05, 3.63) is 0 Å². The molecule has 0 aromatic rings. The third-order valence-electron chi connectivity index (χ3n) is 4.45. The number of amides is 2. The van der Waals surface area contributed by atoms with Crippen LogP contribution in [0.4, 0.5) is 4.79 Å². The molecule has 2 fully saturated rings. The topological polar surface area (TPSA) is 70.1 Å². The molecule has 0 aromatic carbocycles. The van der Waals surface area contributed by atoms with Crippen LogP contribution in [0, 0.1) is 0 Å². The first-order valence-corrected chi connectivity index (χ1v) is 7.40. The van der Waals surface area contributed by atoms with Gasteiger partial charge in [-0.05, 0) is 32.6 Å². The molecule has 2 rings (SSSR count). The first-order valence-electron chi connectivity index (χ1n) is 7.40. The van der Waals surface area contributed by atoms with Crippen molar-refractivity contribution in [2.24, 2.45) is 0 Å². The maximum absolute atomic E-state index is 12.7. The van der Waals surface area contributed by atoms with E-state index < -0.39 is 11.5 Å². The van der Waals surface area contributed by atoms with E-state index in [2.05, 4.69) is 0 Å². The Hall–Kier alpha value is -1.30. The summed E-state index contributed by atoms with van der Waals surface area (Å²) in [5.74, 6) is -0.911. The van der Waals surface area contributed by atoms with E-state index >= 15 is 0 Å². The maximum Gasteiger partial charge on any atom is 0.329 e. The molecule has 2 aliphatic heterocycles. The van der Waals surface area contributed by atoms with Crippen LogP contribution >= 0.6 is 0 Å². The Bertz CT molecular complexity index is 387. The second kappa shape index (κ2) is 5.99. The number of carbonyl (C=O) groups is 2. The van der Waals surface area contributed by atoms with Crippen molar-refractivity contribution in [2.75, 3.05) is 26.2 Å². The van der Waals surface area contributed by atoms with Gasteiger partial charge in [0, 0.05) is 19.6 Å². The number of hydrogen-bond donors (Lipinski definition) is 1. The average molecular weight is 284 g/mol. The van der Waals surface area contributed by atoms with Crippen LogP contribution in [0.25, 0.3) is 0 Å². The minimum Gasteiger partial charge on any atom is -0.480 e. The third kappa shape index (κ3) is 2.75. The van der Waals surface area contributed by atoms with Crippen molar-refractivity contribution < 1.29 is 19.4 Å². The first-order chi connectivity index (χ1) is 9.49. The Morgan fingerprint density at radius 3 is 2.75 bits per heavy atom. The van der Waals surface area contributed by atoms with Gasteiger partial charge in [0.1, 0.15) is 5.54 Å². The average Bonchev–Trinajstić information content (AvgIpc) is 2.47. The van der Waals surface area contributed by atoms with E-state index in [0.29, 0.717) is 32.7 Å². The lowest BCUT2D eigenvalue weighted by molar-refractivity contribution is -0.151. The Balaban J connectivity index is 2.11. The van der Waals surface area contributed by atoms with Gasteiger partial charge in [0.05, 0.1) is 12.7 Å². The highest BCUT2D eigenvalue weighted by Crippen LogP contribution is 2.29. The van der Waals surface area contributed by atoms with Crippen molar-refractivity contribution in [1.82, 2.24) is 9.80 Å². The highest BCUT2D eigenvalue weighted by Gasteiger charge is 2.45.